The Hall–Kier alpha value is -1.93. The first-order valence-corrected chi connectivity index (χ1v) is 9.32. The molecule has 0 radical (unpaired) electrons. The number of benzene rings is 1. The van der Waals surface area contributed by atoms with Gasteiger partial charge in [0.1, 0.15) is 6.04 Å². The fraction of sp³-hybridized carbons (Fsp3) is 0.467. The molecule has 1 aliphatic heterocycles. The molecule has 1 fully saturated rings. The third kappa shape index (κ3) is 5.33. The van der Waals surface area contributed by atoms with E-state index < -0.39 is 16.1 Å². The van der Waals surface area contributed by atoms with E-state index in [1.807, 2.05) is 30.3 Å². The third-order valence-corrected chi connectivity index (χ3v) is 4.34. The largest absolute Gasteiger partial charge is 0.350 e. The highest BCUT2D eigenvalue weighted by atomic mass is 32.2. The van der Waals surface area contributed by atoms with Crippen molar-refractivity contribution in [3.8, 4) is 0 Å². The Labute approximate surface area is 136 Å². The number of rotatable bonds is 6. The topological polar surface area (TPSA) is 95.6 Å². The quantitative estimate of drug-likeness (QED) is 0.753. The normalized spacial score (nSPS) is 18.0. The summed E-state index contributed by atoms with van der Waals surface area (Å²) in [5.41, 5.74) is 0.982. The first kappa shape index (κ1) is 17.4. The number of carbonyl (C=O) groups is 2. The zero-order chi connectivity index (χ0) is 16.9. The lowest BCUT2D eigenvalue weighted by atomic mass is 10.2. The lowest BCUT2D eigenvalue weighted by Crippen LogP contribution is -2.48. The van der Waals surface area contributed by atoms with Crippen LogP contribution in [0.15, 0.2) is 30.3 Å². The Kier molecular flexibility index (Phi) is 5.73. The van der Waals surface area contributed by atoms with E-state index in [1.54, 1.807) is 0 Å². The SMILES string of the molecule is CS(=O)(=O)NCC(=O)N1CCCC1C(=O)NCc1ccccc1. The molecular formula is C15H21N3O4S. The summed E-state index contributed by atoms with van der Waals surface area (Å²) in [7, 11) is -3.43. The van der Waals surface area contributed by atoms with E-state index in [0.29, 0.717) is 19.5 Å². The summed E-state index contributed by atoms with van der Waals surface area (Å²) >= 11 is 0. The Balaban J connectivity index is 1.90. The van der Waals surface area contributed by atoms with E-state index in [-0.39, 0.29) is 18.4 Å². The van der Waals surface area contributed by atoms with Crippen molar-refractivity contribution in [2.45, 2.75) is 25.4 Å². The van der Waals surface area contributed by atoms with Gasteiger partial charge in [0.25, 0.3) is 0 Å². The average Bonchev–Trinajstić information content (AvgIpc) is 3.00. The molecule has 7 nitrogen and oxygen atoms in total. The van der Waals surface area contributed by atoms with E-state index in [2.05, 4.69) is 10.0 Å². The van der Waals surface area contributed by atoms with Crippen LogP contribution in [-0.4, -0.2) is 50.5 Å². The molecule has 0 aromatic heterocycles. The van der Waals surface area contributed by atoms with Crippen LogP contribution in [0.1, 0.15) is 18.4 Å². The number of amides is 2. The first-order chi connectivity index (χ1) is 10.9. The second kappa shape index (κ2) is 7.56. The maximum Gasteiger partial charge on any atom is 0.243 e. The monoisotopic (exact) mass is 339 g/mol. The highest BCUT2D eigenvalue weighted by Crippen LogP contribution is 2.17. The van der Waals surface area contributed by atoms with Gasteiger partial charge in [0.2, 0.25) is 21.8 Å². The van der Waals surface area contributed by atoms with E-state index in [0.717, 1.165) is 18.2 Å². The van der Waals surface area contributed by atoms with Crippen LogP contribution in [0.25, 0.3) is 0 Å². The van der Waals surface area contributed by atoms with Crippen molar-refractivity contribution >= 4 is 21.8 Å². The molecule has 2 N–H and O–H groups in total. The molecule has 23 heavy (non-hydrogen) atoms. The molecule has 0 saturated carbocycles. The molecule has 1 aliphatic rings. The van der Waals surface area contributed by atoms with Gasteiger partial charge in [-0.3, -0.25) is 9.59 Å². The minimum atomic E-state index is -3.43. The average molecular weight is 339 g/mol. The standard InChI is InChI=1S/C15H21N3O4S/c1-23(21,22)17-11-14(19)18-9-5-8-13(18)15(20)16-10-12-6-3-2-4-7-12/h2-4,6-7,13,17H,5,8-11H2,1H3,(H,16,20). The fourth-order valence-electron chi connectivity index (χ4n) is 2.54. The van der Waals surface area contributed by atoms with Crippen LogP contribution in [0.4, 0.5) is 0 Å². The van der Waals surface area contributed by atoms with Crippen LogP contribution in [0.2, 0.25) is 0 Å². The molecule has 1 atom stereocenters. The smallest absolute Gasteiger partial charge is 0.243 e. The molecule has 1 heterocycles. The minimum Gasteiger partial charge on any atom is -0.350 e. The van der Waals surface area contributed by atoms with Gasteiger partial charge in [-0.1, -0.05) is 30.3 Å². The van der Waals surface area contributed by atoms with Crippen LogP contribution in [-0.2, 0) is 26.2 Å². The molecule has 1 saturated heterocycles. The van der Waals surface area contributed by atoms with Crippen LogP contribution in [0.3, 0.4) is 0 Å². The second-order valence-electron chi connectivity index (χ2n) is 5.54. The summed E-state index contributed by atoms with van der Waals surface area (Å²) in [5, 5.41) is 2.83. The molecule has 1 aromatic rings. The number of hydrogen-bond acceptors (Lipinski definition) is 4. The van der Waals surface area contributed by atoms with Crippen molar-refractivity contribution < 1.29 is 18.0 Å². The van der Waals surface area contributed by atoms with Gasteiger partial charge >= 0.3 is 0 Å². The minimum absolute atomic E-state index is 0.209. The van der Waals surface area contributed by atoms with E-state index in [9.17, 15) is 18.0 Å². The van der Waals surface area contributed by atoms with Gasteiger partial charge in [-0.05, 0) is 18.4 Å². The lowest BCUT2D eigenvalue weighted by molar-refractivity contribution is -0.137. The number of nitrogens with zero attached hydrogens (tertiary/aromatic N) is 1. The molecule has 1 aromatic carbocycles. The number of likely N-dealkylation sites (tertiary alicyclic amines) is 1. The van der Waals surface area contributed by atoms with Crippen molar-refractivity contribution in [3.63, 3.8) is 0 Å². The molecular weight excluding hydrogens is 318 g/mol. The maximum atomic E-state index is 12.3. The number of nitrogens with one attached hydrogen (secondary N) is 2. The van der Waals surface area contributed by atoms with E-state index in [4.69, 9.17) is 0 Å². The van der Waals surface area contributed by atoms with E-state index >= 15 is 0 Å². The molecule has 1 unspecified atom stereocenters. The van der Waals surface area contributed by atoms with Gasteiger partial charge in [0.15, 0.2) is 0 Å². The summed E-state index contributed by atoms with van der Waals surface area (Å²) in [6, 6.07) is 8.97. The molecule has 2 rings (SSSR count). The second-order valence-corrected chi connectivity index (χ2v) is 7.37. The fourth-order valence-corrected chi connectivity index (χ4v) is 2.92. The molecule has 0 aliphatic carbocycles. The Morgan fingerprint density at radius 1 is 1.26 bits per heavy atom. The van der Waals surface area contributed by atoms with Gasteiger partial charge in [0.05, 0.1) is 12.8 Å². The van der Waals surface area contributed by atoms with Crippen molar-refractivity contribution in [1.82, 2.24) is 14.9 Å². The molecule has 2 amide bonds. The molecule has 0 bridgehead atoms. The van der Waals surface area contributed by atoms with Gasteiger partial charge < -0.3 is 10.2 Å². The van der Waals surface area contributed by atoms with Gasteiger partial charge in [-0.15, -0.1) is 0 Å². The summed E-state index contributed by atoms with van der Waals surface area (Å²) in [5.74, 6) is -0.591. The predicted molar refractivity (Wildman–Crippen MR) is 85.9 cm³/mol. The summed E-state index contributed by atoms with van der Waals surface area (Å²) in [6.45, 7) is 0.550. The van der Waals surface area contributed by atoms with Crippen LogP contribution < -0.4 is 10.0 Å². The maximum absolute atomic E-state index is 12.3. The zero-order valence-corrected chi connectivity index (χ0v) is 13.8. The van der Waals surface area contributed by atoms with Crippen molar-refractivity contribution in [2.75, 3.05) is 19.3 Å². The van der Waals surface area contributed by atoms with Crippen molar-refractivity contribution in [2.24, 2.45) is 0 Å². The third-order valence-electron chi connectivity index (χ3n) is 3.67. The highest BCUT2D eigenvalue weighted by molar-refractivity contribution is 7.88. The Morgan fingerprint density at radius 3 is 2.61 bits per heavy atom. The van der Waals surface area contributed by atoms with Crippen LogP contribution in [0, 0.1) is 0 Å². The predicted octanol–water partition coefficient (Wildman–Crippen LogP) is -0.157. The van der Waals surface area contributed by atoms with Crippen molar-refractivity contribution in [1.29, 1.82) is 0 Å². The molecule has 0 spiro atoms. The lowest BCUT2D eigenvalue weighted by Gasteiger charge is -2.24. The van der Waals surface area contributed by atoms with Crippen molar-refractivity contribution in [3.05, 3.63) is 35.9 Å². The van der Waals surface area contributed by atoms with E-state index in [1.165, 1.54) is 4.90 Å². The first-order valence-electron chi connectivity index (χ1n) is 7.42. The zero-order valence-electron chi connectivity index (χ0n) is 13.0. The summed E-state index contributed by atoms with van der Waals surface area (Å²) in [4.78, 5) is 25.8. The summed E-state index contributed by atoms with van der Waals surface area (Å²) < 4.78 is 24.3. The molecule has 126 valence electrons. The van der Waals surface area contributed by atoms with Gasteiger partial charge in [-0.2, -0.15) is 0 Å². The van der Waals surface area contributed by atoms with Gasteiger partial charge in [-0.25, -0.2) is 13.1 Å². The van der Waals surface area contributed by atoms with Crippen LogP contribution in [0.5, 0.6) is 0 Å². The number of hydrogen-bond donors (Lipinski definition) is 2. The Morgan fingerprint density at radius 2 is 1.96 bits per heavy atom. The number of sulfonamides is 1. The highest BCUT2D eigenvalue weighted by Gasteiger charge is 2.33. The summed E-state index contributed by atoms with van der Waals surface area (Å²) in [6.07, 6.45) is 2.31. The van der Waals surface area contributed by atoms with Crippen LogP contribution >= 0.6 is 0 Å². The molecule has 8 heteroatoms. The van der Waals surface area contributed by atoms with Gasteiger partial charge in [0, 0.05) is 13.1 Å². The number of carbonyl (C=O) groups excluding carboxylic acids is 2. The Bertz CT molecular complexity index is 661.